The number of nitrogens with zero attached hydrogens (tertiary/aromatic N) is 2. The average Bonchev–Trinajstić information content (AvgIpc) is 2.91. The van der Waals surface area contributed by atoms with Crippen molar-refractivity contribution < 1.29 is 18.4 Å². The van der Waals surface area contributed by atoms with Gasteiger partial charge in [0, 0.05) is 43.3 Å². The van der Waals surface area contributed by atoms with Gasteiger partial charge < -0.3 is 14.6 Å². The smallest absolute Gasteiger partial charge is 0.387 e. The largest absolute Gasteiger partial charge is 0.427 e. The van der Waals surface area contributed by atoms with Crippen LogP contribution in [0.25, 0.3) is 0 Å². The summed E-state index contributed by atoms with van der Waals surface area (Å²) in [5.74, 6) is -0.457. The summed E-state index contributed by atoms with van der Waals surface area (Å²) < 4.78 is 30.6. The van der Waals surface area contributed by atoms with Crippen molar-refractivity contribution in [3.8, 4) is 5.75 Å². The van der Waals surface area contributed by atoms with Crippen LogP contribution in [0.3, 0.4) is 0 Å². The highest BCUT2D eigenvalue weighted by Gasteiger charge is 2.18. The molecule has 21 heavy (non-hydrogen) atoms. The van der Waals surface area contributed by atoms with Gasteiger partial charge in [-0.05, 0) is 18.2 Å². The number of anilines is 1. The first-order valence-electron chi connectivity index (χ1n) is 6.14. The summed E-state index contributed by atoms with van der Waals surface area (Å²) >= 11 is 0. The van der Waals surface area contributed by atoms with Crippen molar-refractivity contribution in [2.24, 2.45) is 0 Å². The fraction of sp³-hybridized carbons (Fsp3) is 0.231. The first kappa shape index (κ1) is 14.8. The number of hydrogen-bond donors (Lipinski definition) is 1. The van der Waals surface area contributed by atoms with Gasteiger partial charge in [0.2, 0.25) is 5.75 Å². The second-order valence-corrected chi connectivity index (χ2v) is 4.17. The zero-order valence-corrected chi connectivity index (χ0v) is 10.9. The molecule has 0 amide bonds. The van der Waals surface area contributed by atoms with Crippen molar-refractivity contribution in [1.29, 1.82) is 0 Å². The van der Waals surface area contributed by atoms with Gasteiger partial charge in [-0.15, -0.1) is 0 Å². The number of nitrogens with one attached hydrogen (secondary N) is 1. The monoisotopic (exact) mass is 297 g/mol. The van der Waals surface area contributed by atoms with E-state index in [2.05, 4.69) is 10.1 Å². The number of halogens is 2. The molecule has 1 aromatic carbocycles. The zero-order chi connectivity index (χ0) is 15.2. The van der Waals surface area contributed by atoms with Gasteiger partial charge in [-0.25, -0.2) is 0 Å². The Morgan fingerprint density at radius 1 is 1.33 bits per heavy atom. The van der Waals surface area contributed by atoms with E-state index in [4.69, 9.17) is 0 Å². The summed E-state index contributed by atoms with van der Waals surface area (Å²) in [7, 11) is 0. The second-order valence-electron chi connectivity index (χ2n) is 4.17. The molecule has 0 radical (unpaired) electrons. The molecule has 0 fully saturated rings. The van der Waals surface area contributed by atoms with E-state index in [1.54, 1.807) is 0 Å². The van der Waals surface area contributed by atoms with Crippen LogP contribution in [0.5, 0.6) is 5.75 Å². The van der Waals surface area contributed by atoms with E-state index in [0.717, 1.165) is 6.07 Å². The molecule has 1 N–H and O–H groups in total. The standard InChI is InChI=1S/C13H13F2N3O3/c14-13(15)21-12-9-10(3-4-11(12)18(19)20)16-5-8-17-6-1-2-7-17/h1-4,6-7,9,13,16H,5,8H2. The molecule has 1 heterocycles. The van der Waals surface area contributed by atoms with E-state index in [1.165, 1.54) is 12.1 Å². The van der Waals surface area contributed by atoms with Crippen molar-refractivity contribution in [1.82, 2.24) is 4.57 Å². The molecule has 0 saturated heterocycles. The zero-order valence-electron chi connectivity index (χ0n) is 10.9. The number of rotatable bonds is 7. The Morgan fingerprint density at radius 3 is 2.67 bits per heavy atom. The van der Waals surface area contributed by atoms with Gasteiger partial charge in [0.1, 0.15) is 0 Å². The lowest BCUT2D eigenvalue weighted by Gasteiger charge is -2.10. The minimum absolute atomic E-state index is 0.457. The average molecular weight is 297 g/mol. The SMILES string of the molecule is O=[N+]([O-])c1ccc(NCCn2cccc2)cc1OC(F)F. The number of benzene rings is 1. The van der Waals surface area contributed by atoms with E-state index in [0.29, 0.717) is 18.8 Å². The Kier molecular flexibility index (Phi) is 4.70. The maximum Gasteiger partial charge on any atom is 0.387 e. The van der Waals surface area contributed by atoms with Gasteiger partial charge >= 0.3 is 12.3 Å². The lowest BCUT2D eigenvalue weighted by molar-refractivity contribution is -0.386. The summed E-state index contributed by atoms with van der Waals surface area (Å²) in [5, 5.41) is 13.7. The Bertz CT molecular complexity index is 603. The predicted octanol–water partition coefficient (Wildman–Crippen LogP) is 3.11. The number of aromatic nitrogens is 1. The lowest BCUT2D eigenvalue weighted by Crippen LogP contribution is -2.10. The van der Waals surface area contributed by atoms with Gasteiger partial charge in [-0.3, -0.25) is 10.1 Å². The van der Waals surface area contributed by atoms with Crippen LogP contribution in [0, 0.1) is 10.1 Å². The molecule has 0 aliphatic rings. The van der Waals surface area contributed by atoms with Gasteiger partial charge in [-0.2, -0.15) is 8.78 Å². The second kappa shape index (κ2) is 6.69. The topological polar surface area (TPSA) is 69.3 Å². The highest BCUT2D eigenvalue weighted by atomic mass is 19.3. The molecule has 6 nitrogen and oxygen atoms in total. The number of nitro benzene ring substituents is 1. The first-order chi connectivity index (χ1) is 10.1. The molecule has 0 saturated carbocycles. The summed E-state index contributed by atoms with van der Waals surface area (Å²) in [6, 6.07) is 7.56. The predicted molar refractivity (Wildman–Crippen MR) is 72.7 cm³/mol. The fourth-order valence-electron chi connectivity index (χ4n) is 1.81. The summed E-state index contributed by atoms with van der Waals surface area (Å²) in [6.07, 6.45) is 3.78. The van der Waals surface area contributed by atoms with Crippen LogP contribution in [0.2, 0.25) is 0 Å². The third-order valence-electron chi connectivity index (χ3n) is 2.74. The van der Waals surface area contributed by atoms with Crippen molar-refractivity contribution in [2.45, 2.75) is 13.2 Å². The van der Waals surface area contributed by atoms with Crippen molar-refractivity contribution in [3.63, 3.8) is 0 Å². The molecule has 0 spiro atoms. The molecule has 2 rings (SSSR count). The van der Waals surface area contributed by atoms with E-state index in [1.807, 2.05) is 29.1 Å². The molecular formula is C13H13F2N3O3. The van der Waals surface area contributed by atoms with Crippen LogP contribution < -0.4 is 10.1 Å². The van der Waals surface area contributed by atoms with Crippen molar-refractivity contribution >= 4 is 11.4 Å². The van der Waals surface area contributed by atoms with Gasteiger partial charge in [0.15, 0.2) is 0 Å². The highest BCUT2D eigenvalue weighted by molar-refractivity contribution is 5.58. The fourth-order valence-corrected chi connectivity index (χ4v) is 1.81. The maximum atomic E-state index is 12.3. The third-order valence-corrected chi connectivity index (χ3v) is 2.74. The first-order valence-corrected chi connectivity index (χ1v) is 6.14. The molecule has 0 atom stereocenters. The molecule has 0 aliphatic heterocycles. The number of ether oxygens (including phenoxy) is 1. The van der Waals surface area contributed by atoms with Crippen LogP contribution in [-0.4, -0.2) is 22.6 Å². The molecule has 0 unspecified atom stereocenters. The summed E-state index contributed by atoms with van der Waals surface area (Å²) in [4.78, 5) is 9.98. The van der Waals surface area contributed by atoms with Crippen LogP contribution in [0.15, 0.2) is 42.7 Å². The summed E-state index contributed by atoms with van der Waals surface area (Å²) in [6.45, 7) is -1.89. The minimum Gasteiger partial charge on any atom is -0.427 e. The molecule has 8 heteroatoms. The van der Waals surface area contributed by atoms with Crippen LogP contribution >= 0.6 is 0 Å². The molecule has 2 aromatic rings. The number of nitro groups is 1. The van der Waals surface area contributed by atoms with Gasteiger partial charge in [0.25, 0.3) is 0 Å². The van der Waals surface area contributed by atoms with E-state index < -0.39 is 23.0 Å². The van der Waals surface area contributed by atoms with Crippen molar-refractivity contribution in [2.75, 3.05) is 11.9 Å². The van der Waals surface area contributed by atoms with Gasteiger partial charge in [0.05, 0.1) is 4.92 Å². The normalized spacial score (nSPS) is 10.6. The number of alkyl halides is 2. The van der Waals surface area contributed by atoms with Crippen LogP contribution in [0.1, 0.15) is 0 Å². The van der Waals surface area contributed by atoms with Gasteiger partial charge in [-0.1, -0.05) is 0 Å². The lowest BCUT2D eigenvalue weighted by atomic mass is 10.2. The third kappa shape index (κ3) is 4.16. The van der Waals surface area contributed by atoms with E-state index >= 15 is 0 Å². The van der Waals surface area contributed by atoms with E-state index in [9.17, 15) is 18.9 Å². The Labute approximate surface area is 119 Å². The number of hydrogen-bond acceptors (Lipinski definition) is 4. The van der Waals surface area contributed by atoms with Crippen LogP contribution in [0.4, 0.5) is 20.2 Å². The molecule has 0 aliphatic carbocycles. The quantitative estimate of drug-likeness (QED) is 0.629. The molecule has 1 aromatic heterocycles. The highest BCUT2D eigenvalue weighted by Crippen LogP contribution is 2.31. The molecular weight excluding hydrogens is 284 g/mol. The van der Waals surface area contributed by atoms with Crippen molar-refractivity contribution in [3.05, 3.63) is 52.8 Å². The Morgan fingerprint density at radius 2 is 2.05 bits per heavy atom. The Hall–Kier alpha value is -2.64. The molecule has 0 bridgehead atoms. The van der Waals surface area contributed by atoms with E-state index in [-0.39, 0.29) is 0 Å². The minimum atomic E-state index is -3.11. The maximum absolute atomic E-state index is 12.3. The summed E-state index contributed by atoms with van der Waals surface area (Å²) in [5.41, 5.74) is -0.0188. The molecule has 112 valence electrons. The Balaban J connectivity index is 2.04. The van der Waals surface area contributed by atoms with Crippen LogP contribution in [-0.2, 0) is 6.54 Å².